The normalized spacial score (nSPS) is 19.3. The smallest absolute Gasteiger partial charge is 0.314 e. The van der Waals surface area contributed by atoms with Crippen molar-refractivity contribution in [2.75, 3.05) is 0 Å². The molecule has 1 aromatic rings. The molecule has 1 aliphatic heterocycles. The van der Waals surface area contributed by atoms with Gasteiger partial charge in [-0.15, -0.1) is 0 Å². The molecule has 2 rings (SSSR count). The average Bonchev–Trinajstić information content (AvgIpc) is 2.38. The molecule has 102 valence electrons. The van der Waals surface area contributed by atoms with Gasteiger partial charge in [0.25, 0.3) is 0 Å². The average molecular weight is 263 g/mol. The van der Waals surface area contributed by atoms with Gasteiger partial charge < -0.3 is 4.74 Å². The summed E-state index contributed by atoms with van der Waals surface area (Å²) in [5, 5.41) is 8.57. The first kappa shape index (κ1) is 13.5. The molecule has 2 unspecified atom stereocenters. The number of nitrogens with one attached hydrogen (secondary N) is 1. The minimum Gasteiger partial charge on any atom is -0.426 e. The number of aryl methyl sites for hydroxylation is 1. The summed E-state index contributed by atoms with van der Waals surface area (Å²) in [7, 11) is 0. The Bertz CT molecular complexity index is 512. The van der Waals surface area contributed by atoms with E-state index in [9.17, 15) is 9.59 Å². The predicted molar refractivity (Wildman–Crippen MR) is 67.7 cm³/mol. The second-order valence-corrected chi connectivity index (χ2v) is 5.05. The summed E-state index contributed by atoms with van der Waals surface area (Å²) in [5.74, 6) is -0.962. The molecule has 1 aromatic carbocycles. The SMILES string of the molecule is Cc1ccc2c(c1)OC(=O)C(CC(C)C(=O)NO)C2. The minimum absolute atomic E-state index is 0.310. The summed E-state index contributed by atoms with van der Waals surface area (Å²) in [5.41, 5.74) is 3.62. The largest absolute Gasteiger partial charge is 0.426 e. The Labute approximate surface area is 111 Å². The zero-order valence-corrected chi connectivity index (χ0v) is 11.0. The zero-order chi connectivity index (χ0) is 14.0. The maximum atomic E-state index is 11.9. The van der Waals surface area contributed by atoms with Crippen LogP contribution >= 0.6 is 0 Å². The van der Waals surface area contributed by atoms with Crippen molar-refractivity contribution in [3.63, 3.8) is 0 Å². The number of esters is 1. The second kappa shape index (κ2) is 5.40. The first-order valence-electron chi connectivity index (χ1n) is 6.26. The van der Waals surface area contributed by atoms with Gasteiger partial charge in [-0.25, -0.2) is 5.48 Å². The van der Waals surface area contributed by atoms with Crippen LogP contribution in [0.25, 0.3) is 0 Å². The maximum absolute atomic E-state index is 11.9. The lowest BCUT2D eigenvalue weighted by molar-refractivity contribution is -0.141. The number of carbonyl (C=O) groups excluding carboxylic acids is 2. The summed E-state index contributed by atoms with van der Waals surface area (Å²) in [6.07, 6.45) is 0.927. The molecule has 0 saturated carbocycles. The van der Waals surface area contributed by atoms with Gasteiger partial charge in [-0.3, -0.25) is 14.8 Å². The monoisotopic (exact) mass is 263 g/mol. The third-order valence-corrected chi connectivity index (χ3v) is 3.43. The van der Waals surface area contributed by atoms with Crippen LogP contribution in [0.3, 0.4) is 0 Å². The first-order chi connectivity index (χ1) is 9.01. The molecular formula is C14H17NO4. The Kier molecular flexibility index (Phi) is 3.85. The summed E-state index contributed by atoms with van der Waals surface area (Å²) in [6, 6.07) is 5.76. The third kappa shape index (κ3) is 2.93. The number of benzene rings is 1. The molecule has 5 heteroatoms. The zero-order valence-electron chi connectivity index (χ0n) is 11.0. The number of hydrogen-bond acceptors (Lipinski definition) is 4. The number of rotatable bonds is 3. The van der Waals surface area contributed by atoms with Gasteiger partial charge in [-0.1, -0.05) is 19.1 Å². The number of hydroxylamine groups is 1. The quantitative estimate of drug-likeness (QED) is 0.376. The van der Waals surface area contributed by atoms with E-state index in [1.807, 2.05) is 25.1 Å². The lowest BCUT2D eigenvalue weighted by Crippen LogP contribution is -2.33. The minimum atomic E-state index is -0.484. The Morgan fingerprint density at radius 2 is 2.32 bits per heavy atom. The van der Waals surface area contributed by atoms with E-state index in [2.05, 4.69) is 0 Å². The molecule has 19 heavy (non-hydrogen) atoms. The Morgan fingerprint density at radius 3 is 3.00 bits per heavy atom. The number of ether oxygens (including phenoxy) is 1. The van der Waals surface area contributed by atoms with Gasteiger partial charge in [0.1, 0.15) is 5.75 Å². The molecule has 0 bridgehead atoms. The van der Waals surface area contributed by atoms with Gasteiger partial charge in [0.15, 0.2) is 0 Å². The van der Waals surface area contributed by atoms with Crippen LogP contribution in [0.2, 0.25) is 0 Å². The highest BCUT2D eigenvalue weighted by atomic mass is 16.5. The van der Waals surface area contributed by atoms with Crippen LogP contribution in [-0.2, 0) is 16.0 Å². The molecule has 1 heterocycles. The molecule has 1 amide bonds. The van der Waals surface area contributed by atoms with Crippen molar-refractivity contribution in [1.29, 1.82) is 0 Å². The van der Waals surface area contributed by atoms with Gasteiger partial charge >= 0.3 is 5.97 Å². The van der Waals surface area contributed by atoms with Crippen molar-refractivity contribution in [2.24, 2.45) is 11.8 Å². The highest BCUT2D eigenvalue weighted by molar-refractivity contribution is 5.81. The topological polar surface area (TPSA) is 75.6 Å². The van der Waals surface area contributed by atoms with Gasteiger partial charge in [0, 0.05) is 5.92 Å². The number of amides is 1. The number of hydrogen-bond donors (Lipinski definition) is 2. The Morgan fingerprint density at radius 1 is 1.58 bits per heavy atom. The number of fused-ring (bicyclic) bond motifs is 1. The Hall–Kier alpha value is -1.88. The molecule has 0 aliphatic carbocycles. The summed E-state index contributed by atoms with van der Waals surface area (Å²) in [4.78, 5) is 23.2. The standard InChI is InChI=1S/C14H17NO4/c1-8-3-4-10-7-11(6-9(2)13(16)15-18)14(17)19-12(10)5-8/h3-5,9,11,18H,6-7H2,1-2H3,(H,15,16). The molecule has 2 N–H and O–H groups in total. The van der Waals surface area contributed by atoms with Crippen LogP contribution in [0.4, 0.5) is 0 Å². The Balaban J connectivity index is 2.11. The van der Waals surface area contributed by atoms with Gasteiger partial charge in [-0.2, -0.15) is 0 Å². The van der Waals surface area contributed by atoms with Crippen molar-refractivity contribution in [1.82, 2.24) is 5.48 Å². The van der Waals surface area contributed by atoms with E-state index in [0.29, 0.717) is 18.6 Å². The van der Waals surface area contributed by atoms with E-state index in [1.54, 1.807) is 12.4 Å². The summed E-state index contributed by atoms with van der Waals surface area (Å²) in [6.45, 7) is 3.61. The highest BCUT2D eigenvalue weighted by Gasteiger charge is 2.31. The molecule has 0 spiro atoms. The van der Waals surface area contributed by atoms with Crippen LogP contribution in [0, 0.1) is 18.8 Å². The third-order valence-electron chi connectivity index (χ3n) is 3.43. The van der Waals surface area contributed by atoms with E-state index in [4.69, 9.17) is 9.94 Å². The van der Waals surface area contributed by atoms with Crippen molar-refractivity contribution < 1.29 is 19.5 Å². The van der Waals surface area contributed by atoms with Crippen molar-refractivity contribution in [2.45, 2.75) is 26.7 Å². The molecule has 0 aromatic heterocycles. The van der Waals surface area contributed by atoms with Gasteiger partial charge in [0.05, 0.1) is 5.92 Å². The number of carbonyl (C=O) groups is 2. The van der Waals surface area contributed by atoms with E-state index in [0.717, 1.165) is 11.1 Å². The van der Waals surface area contributed by atoms with Gasteiger partial charge in [-0.05, 0) is 37.0 Å². The van der Waals surface area contributed by atoms with Crippen molar-refractivity contribution >= 4 is 11.9 Å². The van der Waals surface area contributed by atoms with Crippen molar-refractivity contribution in [3.8, 4) is 5.75 Å². The molecular weight excluding hydrogens is 246 g/mol. The van der Waals surface area contributed by atoms with Crippen LogP contribution in [0.5, 0.6) is 5.75 Å². The molecule has 0 radical (unpaired) electrons. The summed E-state index contributed by atoms with van der Waals surface area (Å²) >= 11 is 0. The second-order valence-electron chi connectivity index (χ2n) is 5.05. The van der Waals surface area contributed by atoms with E-state index in [1.165, 1.54) is 0 Å². The summed E-state index contributed by atoms with van der Waals surface area (Å²) < 4.78 is 5.31. The van der Waals surface area contributed by atoms with Crippen LogP contribution in [-0.4, -0.2) is 17.1 Å². The predicted octanol–water partition coefficient (Wildman–Crippen LogP) is 1.60. The molecule has 0 fully saturated rings. The molecule has 2 atom stereocenters. The first-order valence-corrected chi connectivity index (χ1v) is 6.26. The van der Waals surface area contributed by atoms with Crippen molar-refractivity contribution in [3.05, 3.63) is 29.3 Å². The maximum Gasteiger partial charge on any atom is 0.314 e. The van der Waals surface area contributed by atoms with Crippen LogP contribution in [0.1, 0.15) is 24.5 Å². The van der Waals surface area contributed by atoms with E-state index >= 15 is 0 Å². The van der Waals surface area contributed by atoms with E-state index < -0.39 is 11.8 Å². The lowest BCUT2D eigenvalue weighted by Gasteiger charge is -2.25. The fourth-order valence-electron chi connectivity index (χ4n) is 2.29. The van der Waals surface area contributed by atoms with Crippen LogP contribution < -0.4 is 10.2 Å². The highest BCUT2D eigenvalue weighted by Crippen LogP contribution is 2.31. The molecule has 1 aliphatic rings. The van der Waals surface area contributed by atoms with E-state index in [-0.39, 0.29) is 11.9 Å². The lowest BCUT2D eigenvalue weighted by atomic mass is 9.88. The fraction of sp³-hybridized carbons (Fsp3) is 0.429. The van der Waals surface area contributed by atoms with Gasteiger partial charge in [0.2, 0.25) is 5.91 Å². The van der Waals surface area contributed by atoms with Crippen LogP contribution in [0.15, 0.2) is 18.2 Å². The molecule has 5 nitrogen and oxygen atoms in total. The fourth-order valence-corrected chi connectivity index (χ4v) is 2.29. The molecule has 0 saturated heterocycles.